The molecule has 0 spiro atoms. The molecule has 6 heteroatoms. The summed E-state index contributed by atoms with van der Waals surface area (Å²) in [6, 6.07) is 14.0. The summed E-state index contributed by atoms with van der Waals surface area (Å²) in [5, 5.41) is 19.2. The normalized spacial score (nSPS) is 11.7. The van der Waals surface area contributed by atoms with E-state index in [2.05, 4.69) is 24.1 Å². The van der Waals surface area contributed by atoms with Gasteiger partial charge in [0.25, 0.3) is 5.91 Å². The van der Waals surface area contributed by atoms with Gasteiger partial charge in [-0.3, -0.25) is 4.79 Å². The van der Waals surface area contributed by atoms with Crippen molar-refractivity contribution in [2.75, 3.05) is 5.73 Å². The van der Waals surface area contributed by atoms with Crippen LogP contribution in [0.15, 0.2) is 58.8 Å². The molecule has 0 aliphatic heterocycles. The van der Waals surface area contributed by atoms with Crippen molar-refractivity contribution in [3.05, 3.63) is 54.1 Å². The minimum absolute atomic E-state index is 0.0284. The number of benzene rings is 2. The highest BCUT2D eigenvalue weighted by atomic mass is 16.3. The third kappa shape index (κ3) is 3.59. The van der Waals surface area contributed by atoms with Crippen LogP contribution in [0.3, 0.4) is 0 Å². The number of anilines is 1. The first-order valence-corrected chi connectivity index (χ1v) is 8.59. The second-order valence-corrected chi connectivity index (χ2v) is 6.65. The first kappa shape index (κ1) is 17.7. The molecule has 0 atom stereocenters. The summed E-state index contributed by atoms with van der Waals surface area (Å²) in [5.41, 5.74) is 7.78. The van der Waals surface area contributed by atoms with E-state index in [1.54, 1.807) is 24.3 Å². The molecule has 0 aliphatic rings. The molecule has 0 saturated carbocycles. The van der Waals surface area contributed by atoms with Crippen LogP contribution in [0.4, 0.5) is 11.4 Å². The summed E-state index contributed by atoms with van der Waals surface area (Å²) < 4.78 is 1.82. The molecule has 3 N–H and O–H groups in total. The van der Waals surface area contributed by atoms with Crippen LogP contribution in [-0.4, -0.2) is 15.6 Å². The van der Waals surface area contributed by atoms with Crippen LogP contribution in [0.25, 0.3) is 10.9 Å². The molecule has 3 rings (SSSR count). The molecule has 0 saturated heterocycles. The number of para-hydroxylation sites is 1. The Morgan fingerprint density at radius 2 is 1.85 bits per heavy atom. The number of nitrogens with zero attached hydrogens (tertiary/aromatic N) is 3. The SMILES string of the molecule is CC(C)CCn1c(O)c(N=NC(=O)c2ccc(N)cc2)c2ccccc21. The molecule has 0 fully saturated rings. The standard InChI is InChI=1S/C20H22N4O2/c1-13(2)11-12-24-17-6-4-3-5-16(17)18(20(24)26)22-23-19(25)14-7-9-15(21)10-8-14/h3-10,13,26H,11-12,21H2,1-2H3. The predicted molar refractivity (Wildman–Crippen MR) is 103 cm³/mol. The van der Waals surface area contributed by atoms with Crippen molar-refractivity contribution in [1.29, 1.82) is 0 Å². The summed E-state index contributed by atoms with van der Waals surface area (Å²) in [5.74, 6) is 0.0526. The fraction of sp³-hybridized carbons (Fsp3) is 0.250. The molecule has 2 aromatic carbocycles. The monoisotopic (exact) mass is 350 g/mol. The number of nitrogen functional groups attached to an aromatic ring is 1. The summed E-state index contributed by atoms with van der Waals surface area (Å²) in [4.78, 5) is 12.2. The molecule has 0 aliphatic carbocycles. The third-order valence-corrected chi connectivity index (χ3v) is 4.25. The Balaban J connectivity index is 1.95. The van der Waals surface area contributed by atoms with Crippen molar-refractivity contribution in [3.8, 4) is 5.88 Å². The molecule has 6 nitrogen and oxygen atoms in total. The number of carbonyl (C=O) groups is 1. The van der Waals surface area contributed by atoms with Gasteiger partial charge in [0.2, 0.25) is 5.88 Å². The zero-order chi connectivity index (χ0) is 18.7. The lowest BCUT2D eigenvalue weighted by molar-refractivity contribution is 0.0995. The Labute approximate surface area is 152 Å². The highest BCUT2D eigenvalue weighted by Crippen LogP contribution is 2.39. The van der Waals surface area contributed by atoms with Crippen LogP contribution in [0.5, 0.6) is 5.88 Å². The number of aromatic hydroxyl groups is 1. The molecular formula is C20H22N4O2. The lowest BCUT2D eigenvalue weighted by Gasteiger charge is -2.08. The number of amides is 1. The zero-order valence-corrected chi connectivity index (χ0v) is 14.9. The summed E-state index contributed by atoms with van der Waals surface area (Å²) in [7, 11) is 0. The molecule has 26 heavy (non-hydrogen) atoms. The highest BCUT2D eigenvalue weighted by molar-refractivity contribution is 5.97. The summed E-state index contributed by atoms with van der Waals surface area (Å²) in [6.45, 7) is 4.94. The second-order valence-electron chi connectivity index (χ2n) is 6.65. The molecular weight excluding hydrogens is 328 g/mol. The average Bonchev–Trinajstić information content (AvgIpc) is 2.89. The maximum Gasteiger partial charge on any atom is 0.295 e. The van der Waals surface area contributed by atoms with Crippen molar-refractivity contribution in [2.45, 2.75) is 26.8 Å². The van der Waals surface area contributed by atoms with E-state index >= 15 is 0 Å². The number of fused-ring (bicyclic) bond motifs is 1. The number of aryl methyl sites for hydroxylation is 1. The largest absolute Gasteiger partial charge is 0.493 e. The fourth-order valence-corrected chi connectivity index (χ4v) is 2.76. The fourth-order valence-electron chi connectivity index (χ4n) is 2.76. The van der Waals surface area contributed by atoms with Gasteiger partial charge in [0.1, 0.15) is 0 Å². The van der Waals surface area contributed by atoms with Crippen LogP contribution in [-0.2, 0) is 6.54 Å². The molecule has 1 aromatic heterocycles. The average molecular weight is 350 g/mol. The maximum atomic E-state index is 12.2. The van der Waals surface area contributed by atoms with Crippen LogP contribution in [0.2, 0.25) is 0 Å². The van der Waals surface area contributed by atoms with Crippen LogP contribution < -0.4 is 5.73 Å². The Bertz CT molecular complexity index is 956. The van der Waals surface area contributed by atoms with Gasteiger partial charge in [-0.15, -0.1) is 10.2 Å². The number of aromatic nitrogens is 1. The molecule has 0 radical (unpaired) electrons. The van der Waals surface area contributed by atoms with E-state index in [0.717, 1.165) is 17.3 Å². The van der Waals surface area contributed by atoms with E-state index in [-0.39, 0.29) is 5.88 Å². The van der Waals surface area contributed by atoms with Crippen molar-refractivity contribution >= 4 is 28.2 Å². The molecule has 3 aromatic rings. The Hall–Kier alpha value is -3.15. The second kappa shape index (κ2) is 7.39. The lowest BCUT2D eigenvalue weighted by atomic mass is 10.1. The molecule has 0 bridgehead atoms. The van der Waals surface area contributed by atoms with Gasteiger partial charge in [0, 0.05) is 23.2 Å². The third-order valence-electron chi connectivity index (χ3n) is 4.25. The topological polar surface area (TPSA) is 93.0 Å². The number of nitrogens with two attached hydrogens (primary N) is 1. The smallest absolute Gasteiger partial charge is 0.295 e. The summed E-state index contributed by atoms with van der Waals surface area (Å²) >= 11 is 0. The Morgan fingerprint density at radius 3 is 2.54 bits per heavy atom. The first-order chi connectivity index (χ1) is 12.5. The zero-order valence-electron chi connectivity index (χ0n) is 14.9. The van der Waals surface area contributed by atoms with Gasteiger partial charge in [-0.2, -0.15) is 0 Å². The lowest BCUT2D eigenvalue weighted by Crippen LogP contribution is -2.00. The molecule has 0 unspecified atom stereocenters. The highest BCUT2D eigenvalue weighted by Gasteiger charge is 2.17. The van der Waals surface area contributed by atoms with E-state index in [1.165, 1.54) is 0 Å². The number of azo groups is 1. The van der Waals surface area contributed by atoms with Crippen molar-refractivity contribution in [3.63, 3.8) is 0 Å². The van der Waals surface area contributed by atoms with Gasteiger partial charge in [0.05, 0.1) is 5.52 Å². The van der Waals surface area contributed by atoms with E-state index in [4.69, 9.17) is 5.73 Å². The van der Waals surface area contributed by atoms with Crippen LogP contribution >= 0.6 is 0 Å². The van der Waals surface area contributed by atoms with Crippen LogP contribution in [0.1, 0.15) is 30.6 Å². The number of hydrogen-bond acceptors (Lipinski definition) is 4. The van der Waals surface area contributed by atoms with Gasteiger partial charge < -0.3 is 15.4 Å². The molecule has 1 amide bonds. The van der Waals surface area contributed by atoms with Gasteiger partial charge in [-0.05, 0) is 42.7 Å². The van der Waals surface area contributed by atoms with Crippen LogP contribution in [0, 0.1) is 5.92 Å². The number of carbonyl (C=O) groups excluding carboxylic acids is 1. The van der Waals surface area contributed by atoms with Gasteiger partial charge in [0.15, 0.2) is 5.69 Å². The van der Waals surface area contributed by atoms with E-state index < -0.39 is 5.91 Å². The Morgan fingerprint density at radius 1 is 1.15 bits per heavy atom. The minimum Gasteiger partial charge on any atom is -0.493 e. The van der Waals surface area contributed by atoms with Crippen molar-refractivity contribution < 1.29 is 9.90 Å². The number of rotatable bonds is 5. The van der Waals surface area contributed by atoms with E-state index in [1.807, 2.05) is 28.8 Å². The predicted octanol–water partition coefficient (Wildman–Crippen LogP) is 4.90. The quantitative estimate of drug-likeness (QED) is 0.506. The first-order valence-electron chi connectivity index (χ1n) is 8.59. The minimum atomic E-state index is -0.483. The van der Waals surface area contributed by atoms with Gasteiger partial charge in [-0.25, -0.2) is 0 Å². The Kier molecular flexibility index (Phi) is 5.02. The van der Waals surface area contributed by atoms with Gasteiger partial charge >= 0.3 is 0 Å². The van der Waals surface area contributed by atoms with Crippen molar-refractivity contribution in [1.82, 2.24) is 4.57 Å². The molecule has 1 heterocycles. The molecule has 134 valence electrons. The summed E-state index contributed by atoms with van der Waals surface area (Å²) in [6.07, 6.45) is 0.924. The van der Waals surface area contributed by atoms with Crippen molar-refractivity contribution in [2.24, 2.45) is 16.1 Å². The number of hydrogen-bond donors (Lipinski definition) is 2. The maximum absolute atomic E-state index is 12.2. The van der Waals surface area contributed by atoms with Gasteiger partial charge in [-0.1, -0.05) is 32.0 Å². The van der Waals surface area contributed by atoms with E-state index in [9.17, 15) is 9.90 Å². The van der Waals surface area contributed by atoms with E-state index in [0.29, 0.717) is 29.4 Å².